The Bertz CT molecular complexity index is 885. The SMILES string of the molecule is CCN(CC(=O)NCc1ccc(F)cc1)CC(=O)N(C)CC(=O)Nc1ccc(C)cc1. The van der Waals surface area contributed by atoms with E-state index >= 15 is 0 Å². The van der Waals surface area contributed by atoms with Gasteiger partial charge in [-0.3, -0.25) is 19.3 Å². The van der Waals surface area contributed by atoms with Gasteiger partial charge in [-0.2, -0.15) is 0 Å². The standard InChI is InChI=1S/C23H29FN4O3/c1-4-28(15-21(29)25-13-18-7-9-19(24)10-8-18)16-23(31)27(3)14-22(30)26-20-11-5-17(2)6-12-20/h5-12H,4,13-16H2,1-3H3,(H,25,29)(H,26,30). The molecule has 0 spiro atoms. The summed E-state index contributed by atoms with van der Waals surface area (Å²) in [5.74, 6) is -1.12. The van der Waals surface area contributed by atoms with Crippen molar-refractivity contribution in [2.45, 2.75) is 20.4 Å². The summed E-state index contributed by atoms with van der Waals surface area (Å²) in [6.45, 7) is 4.58. The van der Waals surface area contributed by atoms with Gasteiger partial charge in [0.05, 0.1) is 19.6 Å². The smallest absolute Gasteiger partial charge is 0.243 e. The highest BCUT2D eigenvalue weighted by atomic mass is 19.1. The zero-order valence-electron chi connectivity index (χ0n) is 18.2. The summed E-state index contributed by atoms with van der Waals surface area (Å²) in [5, 5.41) is 5.51. The number of aryl methyl sites for hydroxylation is 1. The maximum absolute atomic E-state index is 12.9. The summed E-state index contributed by atoms with van der Waals surface area (Å²) in [6.07, 6.45) is 0. The van der Waals surface area contributed by atoms with Gasteiger partial charge in [-0.15, -0.1) is 0 Å². The maximum atomic E-state index is 12.9. The van der Waals surface area contributed by atoms with E-state index in [9.17, 15) is 18.8 Å². The lowest BCUT2D eigenvalue weighted by Gasteiger charge is -2.23. The number of benzene rings is 2. The maximum Gasteiger partial charge on any atom is 0.243 e. The van der Waals surface area contributed by atoms with Crippen LogP contribution in [0.25, 0.3) is 0 Å². The van der Waals surface area contributed by atoms with Crippen molar-refractivity contribution >= 4 is 23.4 Å². The van der Waals surface area contributed by atoms with Gasteiger partial charge in [-0.25, -0.2) is 4.39 Å². The molecule has 3 amide bonds. The summed E-state index contributed by atoms with van der Waals surface area (Å²) in [6, 6.07) is 13.3. The summed E-state index contributed by atoms with van der Waals surface area (Å²) in [5.41, 5.74) is 2.55. The number of nitrogens with zero attached hydrogens (tertiary/aromatic N) is 2. The number of hydrogen-bond acceptors (Lipinski definition) is 4. The molecule has 31 heavy (non-hydrogen) atoms. The van der Waals surface area contributed by atoms with E-state index in [1.807, 2.05) is 26.0 Å². The lowest BCUT2D eigenvalue weighted by Crippen LogP contribution is -2.44. The van der Waals surface area contributed by atoms with Crippen LogP contribution in [-0.2, 0) is 20.9 Å². The van der Waals surface area contributed by atoms with Crippen molar-refractivity contribution in [1.29, 1.82) is 0 Å². The second kappa shape index (κ2) is 11.8. The Kier molecular flexibility index (Phi) is 9.14. The fraction of sp³-hybridized carbons (Fsp3) is 0.348. The van der Waals surface area contributed by atoms with Crippen LogP contribution in [-0.4, -0.2) is 60.7 Å². The van der Waals surface area contributed by atoms with E-state index in [-0.39, 0.29) is 49.7 Å². The van der Waals surface area contributed by atoms with Crippen LogP contribution < -0.4 is 10.6 Å². The number of amides is 3. The van der Waals surface area contributed by atoms with Gasteiger partial charge in [-0.05, 0) is 43.3 Å². The van der Waals surface area contributed by atoms with Crippen molar-refractivity contribution < 1.29 is 18.8 Å². The number of rotatable bonds is 10. The van der Waals surface area contributed by atoms with Crippen molar-refractivity contribution in [2.24, 2.45) is 0 Å². The van der Waals surface area contributed by atoms with E-state index in [4.69, 9.17) is 0 Å². The predicted octanol–water partition coefficient (Wildman–Crippen LogP) is 2.17. The van der Waals surface area contributed by atoms with Crippen molar-refractivity contribution in [1.82, 2.24) is 15.1 Å². The first-order chi connectivity index (χ1) is 14.8. The van der Waals surface area contributed by atoms with Gasteiger partial charge < -0.3 is 15.5 Å². The number of carbonyl (C=O) groups is 3. The van der Waals surface area contributed by atoms with Gasteiger partial charge >= 0.3 is 0 Å². The Labute approximate surface area is 182 Å². The van der Waals surface area contributed by atoms with Gasteiger partial charge in [-0.1, -0.05) is 36.8 Å². The molecule has 0 aliphatic heterocycles. The number of anilines is 1. The third-order valence-corrected chi connectivity index (χ3v) is 4.72. The van der Waals surface area contributed by atoms with Gasteiger partial charge in [0, 0.05) is 19.3 Å². The van der Waals surface area contributed by atoms with Crippen molar-refractivity contribution in [3.63, 3.8) is 0 Å². The Morgan fingerprint density at radius 2 is 1.55 bits per heavy atom. The topological polar surface area (TPSA) is 81.8 Å². The quantitative estimate of drug-likeness (QED) is 0.608. The minimum atomic E-state index is -0.331. The molecule has 0 unspecified atom stereocenters. The molecule has 8 heteroatoms. The molecule has 2 aromatic rings. The van der Waals surface area contributed by atoms with Crippen LogP contribution in [0.15, 0.2) is 48.5 Å². The summed E-state index contributed by atoms with van der Waals surface area (Å²) >= 11 is 0. The average Bonchev–Trinajstić information content (AvgIpc) is 2.74. The van der Waals surface area contributed by atoms with Gasteiger partial charge in [0.15, 0.2) is 0 Å². The number of nitrogens with one attached hydrogen (secondary N) is 2. The third-order valence-electron chi connectivity index (χ3n) is 4.72. The molecule has 7 nitrogen and oxygen atoms in total. The first-order valence-corrected chi connectivity index (χ1v) is 10.1. The molecule has 2 aromatic carbocycles. The molecule has 2 N–H and O–H groups in total. The van der Waals surface area contributed by atoms with E-state index < -0.39 is 0 Å². The summed E-state index contributed by atoms with van der Waals surface area (Å²) < 4.78 is 12.9. The highest BCUT2D eigenvalue weighted by Crippen LogP contribution is 2.08. The number of likely N-dealkylation sites (N-methyl/N-ethyl adjacent to an activating group) is 2. The molecule has 166 valence electrons. The molecule has 0 fully saturated rings. The van der Waals surface area contributed by atoms with E-state index in [0.29, 0.717) is 12.2 Å². The molecule has 0 bridgehead atoms. The Hall–Kier alpha value is -3.26. The molecule has 2 rings (SSSR count). The molecule has 0 aliphatic carbocycles. The van der Waals surface area contributed by atoms with Crippen LogP contribution in [0.1, 0.15) is 18.1 Å². The van der Waals surface area contributed by atoms with Crippen molar-refractivity contribution in [3.05, 3.63) is 65.5 Å². The Balaban J connectivity index is 1.76. The minimum absolute atomic E-state index is 0.0226. The highest BCUT2D eigenvalue weighted by Gasteiger charge is 2.18. The van der Waals surface area contributed by atoms with Crippen LogP contribution in [0.2, 0.25) is 0 Å². The van der Waals surface area contributed by atoms with Gasteiger partial charge in [0.1, 0.15) is 5.82 Å². The molecule has 0 aliphatic rings. The average molecular weight is 429 g/mol. The summed E-state index contributed by atoms with van der Waals surface area (Å²) in [4.78, 5) is 39.9. The Morgan fingerprint density at radius 1 is 0.903 bits per heavy atom. The fourth-order valence-corrected chi connectivity index (χ4v) is 2.79. The van der Waals surface area contributed by atoms with Crippen LogP contribution in [0.4, 0.5) is 10.1 Å². The number of hydrogen-bond donors (Lipinski definition) is 2. The first kappa shape index (κ1) is 24.0. The predicted molar refractivity (Wildman–Crippen MR) is 118 cm³/mol. The zero-order valence-corrected chi connectivity index (χ0v) is 18.2. The Morgan fingerprint density at radius 3 is 2.16 bits per heavy atom. The zero-order chi connectivity index (χ0) is 22.8. The van der Waals surface area contributed by atoms with Crippen molar-refractivity contribution in [2.75, 3.05) is 38.5 Å². The molecular weight excluding hydrogens is 399 g/mol. The fourth-order valence-electron chi connectivity index (χ4n) is 2.79. The van der Waals surface area contributed by atoms with E-state index in [1.165, 1.54) is 17.0 Å². The van der Waals surface area contributed by atoms with E-state index in [0.717, 1.165) is 11.1 Å². The normalized spacial score (nSPS) is 10.6. The van der Waals surface area contributed by atoms with Gasteiger partial charge in [0.25, 0.3) is 0 Å². The first-order valence-electron chi connectivity index (χ1n) is 10.1. The third kappa shape index (κ3) is 8.55. The molecule has 0 atom stereocenters. The molecular formula is C23H29FN4O3. The monoisotopic (exact) mass is 428 g/mol. The number of carbonyl (C=O) groups excluding carboxylic acids is 3. The lowest BCUT2D eigenvalue weighted by molar-refractivity contribution is -0.135. The van der Waals surface area contributed by atoms with Crippen LogP contribution in [0.5, 0.6) is 0 Å². The van der Waals surface area contributed by atoms with Crippen LogP contribution in [0, 0.1) is 12.7 Å². The minimum Gasteiger partial charge on any atom is -0.351 e. The van der Waals surface area contributed by atoms with Crippen LogP contribution >= 0.6 is 0 Å². The largest absolute Gasteiger partial charge is 0.351 e. The molecule has 0 aromatic heterocycles. The second-order valence-electron chi connectivity index (χ2n) is 7.37. The molecule has 0 radical (unpaired) electrons. The van der Waals surface area contributed by atoms with E-state index in [1.54, 1.807) is 36.2 Å². The molecule has 0 saturated carbocycles. The van der Waals surface area contributed by atoms with Crippen LogP contribution in [0.3, 0.4) is 0 Å². The van der Waals surface area contributed by atoms with Gasteiger partial charge in [0.2, 0.25) is 17.7 Å². The summed E-state index contributed by atoms with van der Waals surface area (Å²) in [7, 11) is 1.56. The highest BCUT2D eigenvalue weighted by molar-refractivity contribution is 5.94. The van der Waals surface area contributed by atoms with E-state index in [2.05, 4.69) is 10.6 Å². The van der Waals surface area contributed by atoms with Crippen molar-refractivity contribution in [3.8, 4) is 0 Å². The number of halogens is 1. The second-order valence-corrected chi connectivity index (χ2v) is 7.37. The lowest BCUT2D eigenvalue weighted by atomic mass is 10.2. The molecule has 0 saturated heterocycles. The molecule has 0 heterocycles.